The number of carbonyl (C=O) groups excluding carboxylic acids is 1. The van der Waals surface area contributed by atoms with Crippen molar-refractivity contribution in [1.82, 2.24) is 4.72 Å². The lowest BCUT2D eigenvalue weighted by molar-refractivity contribution is 0.254. The molecule has 11 heavy (non-hydrogen) atoms. The lowest BCUT2D eigenvalue weighted by Crippen LogP contribution is -2.35. The average molecular weight is 178 g/mol. The van der Waals surface area contributed by atoms with Gasteiger partial charge in [-0.15, -0.1) is 0 Å². The van der Waals surface area contributed by atoms with Gasteiger partial charge in [0.05, 0.1) is 0 Å². The van der Waals surface area contributed by atoms with Crippen molar-refractivity contribution in [1.29, 1.82) is 0 Å². The normalized spacial score (nSPS) is 12.6. The van der Waals surface area contributed by atoms with Crippen molar-refractivity contribution in [3.63, 3.8) is 0 Å². The average Bonchev–Trinajstić information content (AvgIpc) is 2.00. The minimum absolute atomic E-state index is 0.384. The molecule has 0 aliphatic rings. The van der Waals surface area contributed by atoms with Gasteiger partial charge < -0.3 is 10.5 Å². The van der Waals surface area contributed by atoms with E-state index in [-0.39, 0.29) is 6.03 Å². The number of rotatable bonds is 4. The molecule has 0 aromatic heterocycles. The second-order valence-electron chi connectivity index (χ2n) is 2.38. The van der Waals surface area contributed by atoms with Crippen molar-refractivity contribution in [2.45, 2.75) is 20.8 Å². The molecule has 0 spiro atoms. The molecular formula is C7H18N2OS. The molecule has 3 nitrogen and oxygen atoms in total. The summed E-state index contributed by atoms with van der Waals surface area (Å²) in [4.78, 5) is 10.6. The summed E-state index contributed by atoms with van der Waals surface area (Å²) in [6.45, 7) is 6.29. The van der Waals surface area contributed by atoms with Crippen molar-refractivity contribution >= 4 is 16.2 Å². The van der Waals surface area contributed by atoms with Crippen LogP contribution >= 0.6 is 10.2 Å². The third kappa shape index (κ3) is 3.01. The molecule has 0 atom stereocenters. The van der Waals surface area contributed by atoms with Crippen LogP contribution in [0.5, 0.6) is 0 Å². The standard InChI is InChI=1S/C7H18N2OS/c1-4-11(5-2,6-3)9-7(8)10/h4-6H2,1-3H3,(H3,8,9,10). The number of nitrogens with two attached hydrogens (primary N) is 1. The monoisotopic (exact) mass is 178 g/mol. The first-order valence-electron chi connectivity index (χ1n) is 3.93. The number of hydrogen-bond acceptors (Lipinski definition) is 1. The third-order valence-electron chi connectivity index (χ3n) is 1.97. The maximum atomic E-state index is 10.6. The van der Waals surface area contributed by atoms with Crippen LogP contribution in [-0.2, 0) is 0 Å². The van der Waals surface area contributed by atoms with E-state index in [1.54, 1.807) is 0 Å². The van der Waals surface area contributed by atoms with E-state index in [9.17, 15) is 4.79 Å². The maximum Gasteiger partial charge on any atom is 0.320 e. The number of urea groups is 1. The third-order valence-corrected chi connectivity index (χ3v) is 5.92. The Morgan fingerprint density at radius 1 is 1.27 bits per heavy atom. The Hall–Kier alpha value is -0.380. The minimum Gasteiger partial charge on any atom is -0.351 e. The van der Waals surface area contributed by atoms with Gasteiger partial charge >= 0.3 is 6.03 Å². The fourth-order valence-electron chi connectivity index (χ4n) is 1.04. The lowest BCUT2D eigenvalue weighted by Gasteiger charge is -2.37. The molecule has 0 saturated heterocycles. The number of amides is 2. The second kappa shape index (κ2) is 4.49. The quantitative estimate of drug-likeness (QED) is 0.672. The molecule has 0 aromatic rings. The Morgan fingerprint density at radius 3 is 1.73 bits per heavy atom. The highest BCUT2D eigenvalue weighted by molar-refractivity contribution is 8.32. The maximum absolute atomic E-state index is 10.6. The first kappa shape index (κ1) is 10.6. The molecule has 0 heterocycles. The topological polar surface area (TPSA) is 55.1 Å². The Balaban J connectivity index is 4.16. The van der Waals surface area contributed by atoms with Crippen LogP contribution in [0.4, 0.5) is 4.79 Å². The zero-order chi connectivity index (χ0) is 8.91. The summed E-state index contributed by atoms with van der Waals surface area (Å²) in [6.07, 6.45) is 0. The van der Waals surface area contributed by atoms with Crippen LogP contribution in [-0.4, -0.2) is 23.3 Å². The lowest BCUT2D eigenvalue weighted by atomic mass is 10.9. The van der Waals surface area contributed by atoms with Gasteiger partial charge in [0.15, 0.2) is 0 Å². The summed E-state index contributed by atoms with van der Waals surface area (Å²) in [5.41, 5.74) is 5.08. The van der Waals surface area contributed by atoms with E-state index in [1.165, 1.54) is 0 Å². The second-order valence-corrected chi connectivity index (χ2v) is 6.40. The molecule has 0 rings (SSSR count). The van der Waals surface area contributed by atoms with Gasteiger partial charge in [-0.05, 0) is 17.3 Å². The molecule has 0 aliphatic carbocycles. The van der Waals surface area contributed by atoms with Gasteiger partial charge in [0.2, 0.25) is 0 Å². The first-order chi connectivity index (χ1) is 5.10. The summed E-state index contributed by atoms with van der Waals surface area (Å²) in [5, 5.41) is 0. The fraction of sp³-hybridized carbons (Fsp3) is 0.857. The van der Waals surface area contributed by atoms with Crippen LogP contribution in [0.25, 0.3) is 0 Å². The van der Waals surface area contributed by atoms with Gasteiger partial charge in [0, 0.05) is 0 Å². The summed E-state index contributed by atoms with van der Waals surface area (Å²) in [5.74, 6) is 3.05. The highest BCUT2D eigenvalue weighted by Gasteiger charge is 2.17. The van der Waals surface area contributed by atoms with E-state index in [4.69, 9.17) is 5.73 Å². The van der Waals surface area contributed by atoms with E-state index < -0.39 is 10.2 Å². The smallest absolute Gasteiger partial charge is 0.320 e. The Kier molecular flexibility index (Phi) is 4.33. The van der Waals surface area contributed by atoms with E-state index in [0.717, 1.165) is 17.3 Å². The molecule has 0 saturated carbocycles. The van der Waals surface area contributed by atoms with E-state index in [2.05, 4.69) is 25.5 Å². The van der Waals surface area contributed by atoms with Crippen LogP contribution in [0.1, 0.15) is 20.8 Å². The van der Waals surface area contributed by atoms with Crippen LogP contribution in [0.3, 0.4) is 0 Å². The molecule has 0 fully saturated rings. The van der Waals surface area contributed by atoms with Crippen LogP contribution in [0.2, 0.25) is 0 Å². The predicted molar refractivity (Wildman–Crippen MR) is 51.9 cm³/mol. The fourth-order valence-corrected chi connectivity index (χ4v) is 3.13. The predicted octanol–water partition coefficient (Wildman–Crippen LogP) is 1.43. The van der Waals surface area contributed by atoms with Crippen molar-refractivity contribution < 1.29 is 4.79 Å². The summed E-state index contributed by atoms with van der Waals surface area (Å²) >= 11 is 0. The molecule has 0 aliphatic heterocycles. The van der Waals surface area contributed by atoms with Crippen molar-refractivity contribution in [3.8, 4) is 0 Å². The van der Waals surface area contributed by atoms with Crippen LogP contribution < -0.4 is 10.5 Å². The highest BCUT2D eigenvalue weighted by Crippen LogP contribution is 2.41. The van der Waals surface area contributed by atoms with Crippen molar-refractivity contribution in [3.05, 3.63) is 0 Å². The molecule has 2 amide bonds. The first-order valence-corrected chi connectivity index (χ1v) is 6.07. The van der Waals surface area contributed by atoms with Gasteiger partial charge in [0.1, 0.15) is 0 Å². The summed E-state index contributed by atoms with van der Waals surface area (Å²) < 4.78 is 2.86. The number of primary amides is 1. The van der Waals surface area contributed by atoms with Gasteiger partial charge in [-0.1, -0.05) is 20.8 Å². The van der Waals surface area contributed by atoms with Gasteiger partial charge in [-0.25, -0.2) is 4.79 Å². The van der Waals surface area contributed by atoms with Crippen LogP contribution in [0.15, 0.2) is 0 Å². The summed E-state index contributed by atoms with van der Waals surface area (Å²) in [6, 6.07) is -0.384. The van der Waals surface area contributed by atoms with E-state index in [1.807, 2.05) is 0 Å². The molecule has 68 valence electrons. The van der Waals surface area contributed by atoms with E-state index >= 15 is 0 Å². The molecular weight excluding hydrogens is 160 g/mol. The molecule has 0 radical (unpaired) electrons. The van der Waals surface area contributed by atoms with Gasteiger partial charge in [-0.3, -0.25) is 0 Å². The zero-order valence-electron chi connectivity index (χ0n) is 7.52. The molecule has 0 bridgehead atoms. The Labute approximate surface area is 70.2 Å². The summed E-state index contributed by atoms with van der Waals surface area (Å²) in [7, 11) is -0.934. The molecule has 0 aromatic carbocycles. The molecule has 3 N–H and O–H groups in total. The number of carbonyl (C=O) groups is 1. The minimum atomic E-state index is -0.934. The van der Waals surface area contributed by atoms with Gasteiger partial charge in [-0.2, -0.15) is 10.2 Å². The van der Waals surface area contributed by atoms with E-state index in [0.29, 0.717) is 0 Å². The SMILES string of the molecule is CCS(CC)(CC)NC(N)=O. The Bertz CT molecular complexity index is 126. The Morgan fingerprint density at radius 2 is 1.64 bits per heavy atom. The number of hydrogen-bond donors (Lipinski definition) is 2. The van der Waals surface area contributed by atoms with Crippen molar-refractivity contribution in [2.75, 3.05) is 17.3 Å². The highest BCUT2D eigenvalue weighted by atomic mass is 32.3. The molecule has 4 heteroatoms. The zero-order valence-corrected chi connectivity index (χ0v) is 8.33. The van der Waals surface area contributed by atoms with Crippen molar-refractivity contribution in [2.24, 2.45) is 5.73 Å². The molecule has 0 unspecified atom stereocenters. The van der Waals surface area contributed by atoms with Gasteiger partial charge in [0.25, 0.3) is 0 Å². The largest absolute Gasteiger partial charge is 0.351 e. The van der Waals surface area contributed by atoms with Crippen LogP contribution in [0, 0.1) is 0 Å². The number of nitrogens with one attached hydrogen (secondary N) is 1.